The van der Waals surface area contributed by atoms with Gasteiger partial charge >= 0.3 is 0 Å². The van der Waals surface area contributed by atoms with Crippen molar-refractivity contribution in [2.24, 2.45) is 11.7 Å². The minimum absolute atomic E-state index is 0.175. The Bertz CT molecular complexity index is 358. The number of rotatable bonds is 4. The van der Waals surface area contributed by atoms with E-state index in [1.54, 1.807) is 0 Å². The number of nitrogens with two attached hydrogens (primary N) is 1. The van der Waals surface area contributed by atoms with E-state index in [9.17, 15) is 4.79 Å². The SMILES string of the molecule is CC(C)NC1(C(N)=O)CCC(N2CCCC(C)C2C)C1. The topological polar surface area (TPSA) is 58.4 Å². The molecule has 2 aliphatic rings. The molecule has 2 fully saturated rings. The maximum Gasteiger partial charge on any atom is 0.237 e. The van der Waals surface area contributed by atoms with Crippen LogP contribution in [0, 0.1) is 5.92 Å². The molecule has 2 rings (SSSR count). The van der Waals surface area contributed by atoms with Crippen LogP contribution in [0.25, 0.3) is 0 Å². The molecule has 4 heteroatoms. The Morgan fingerprint density at radius 2 is 2.05 bits per heavy atom. The third-order valence-corrected chi connectivity index (χ3v) is 5.42. The second-order valence-corrected chi connectivity index (χ2v) is 7.24. The predicted molar refractivity (Wildman–Crippen MR) is 82.4 cm³/mol. The molecule has 20 heavy (non-hydrogen) atoms. The molecule has 0 spiro atoms. The molecule has 3 N–H and O–H groups in total. The Kier molecular flexibility index (Phi) is 4.75. The normalized spacial score (nSPS) is 39.4. The summed E-state index contributed by atoms with van der Waals surface area (Å²) in [6.07, 6.45) is 5.44. The van der Waals surface area contributed by atoms with Crippen molar-refractivity contribution in [2.45, 2.75) is 83.5 Å². The molecule has 1 amide bonds. The first-order chi connectivity index (χ1) is 9.35. The number of likely N-dealkylation sites (tertiary alicyclic amines) is 1. The Hall–Kier alpha value is -0.610. The Labute approximate surface area is 123 Å². The van der Waals surface area contributed by atoms with E-state index in [0.29, 0.717) is 18.1 Å². The van der Waals surface area contributed by atoms with Crippen molar-refractivity contribution >= 4 is 5.91 Å². The summed E-state index contributed by atoms with van der Waals surface area (Å²) in [4.78, 5) is 14.6. The van der Waals surface area contributed by atoms with Crippen LogP contribution in [0.2, 0.25) is 0 Å². The highest BCUT2D eigenvalue weighted by atomic mass is 16.1. The second kappa shape index (κ2) is 6.02. The van der Waals surface area contributed by atoms with Gasteiger partial charge in [0.2, 0.25) is 5.91 Å². The fourth-order valence-electron chi connectivity index (χ4n) is 4.16. The molecule has 1 saturated heterocycles. The highest BCUT2D eigenvalue weighted by molar-refractivity contribution is 5.85. The maximum absolute atomic E-state index is 12.0. The second-order valence-electron chi connectivity index (χ2n) is 7.24. The monoisotopic (exact) mass is 281 g/mol. The summed E-state index contributed by atoms with van der Waals surface area (Å²) in [5, 5.41) is 3.45. The van der Waals surface area contributed by atoms with Gasteiger partial charge in [0.15, 0.2) is 0 Å². The summed E-state index contributed by atoms with van der Waals surface area (Å²) in [5.41, 5.74) is 5.23. The minimum atomic E-state index is -0.487. The summed E-state index contributed by atoms with van der Waals surface area (Å²) in [7, 11) is 0. The Morgan fingerprint density at radius 3 is 2.65 bits per heavy atom. The fourth-order valence-corrected chi connectivity index (χ4v) is 4.16. The molecule has 4 unspecified atom stereocenters. The number of nitrogens with one attached hydrogen (secondary N) is 1. The number of piperidine rings is 1. The van der Waals surface area contributed by atoms with Crippen LogP contribution in [0.15, 0.2) is 0 Å². The molecule has 0 aromatic rings. The average molecular weight is 281 g/mol. The highest BCUT2D eigenvalue weighted by Gasteiger charge is 2.47. The summed E-state index contributed by atoms with van der Waals surface area (Å²) >= 11 is 0. The van der Waals surface area contributed by atoms with E-state index in [0.717, 1.165) is 25.2 Å². The maximum atomic E-state index is 12.0. The van der Waals surface area contributed by atoms with Crippen LogP contribution in [0.3, 0.4) is 0 Å². The number of primary amides is 1. The highest BCUT2D eigenvalue weighted by Crippen LogP contribution is 2.37. The first-order valence-corrected chi connectivity index (χ1v) is 8.19. The van der Waals surface area contributed by atoms with Crippen LogP contribution >= 0.6 is 0 Å². The molecule has 4 atom stereocenters. The smallest absolute Gasteiger partial charge is 0.237 e. The lowest BCUT2D eigenvalue weighted by Gasteiger charge is -2.42. The van der Waals surface area contributed by atoms with Crippen LogP contribution < -0.4 is 11.1 Å². The van der Waals surface area contributed by atoms with Crippen molar-refractivity contribution in [3.63, 3.8) is 0 Å². The van der Waals surface area contributed by atoms with Gasteiger partial charge in [0, 0.05) is 18.1 Å². The average Bonchev–Trinajstić information content (AvgIpc) is 2.77. The van der Waals surface area contributed by atoms with Crippen LogP contribution in [-0.2, 0) is 4.79 Å². The molecule has 1 heterocycles. The molecule has 116 valence electrons. The lowest BCUT2D eigenvalue weighted by atomic mass is 9.89. The van der Waals surface area contributed by atoms with Gasteiger partial charge in [-0.25, -0.2) is 0 Å². The van der Waals surface area contributed by atoms with Crippen molar-refractivity contribution < 1.29 is 4.79 Å². The first kappa shape index (κ1) is 15.8. The van der Waals surface area contributed by atoms with E-state index in [1.165, 1.54) is 19.4 Å². The van der Waals surface area contributed by atoms with Crippen LogP contribution in [0.1, 0.15) is 59.8 Å². The van der Waals surface area contributed by atoms with Crippen molar-refractivity contribution in [3.05, 3.63) is 0 Å². The zero-order chi connectivity index (χ0) is 14.9. The lowest BCUT2D eigenvalue weighted by molar-refractivity contribution is -0.124. The summed E-state index contributed by atoms with van der Waals surface area (Å²) in [6, 6.07) is 1.42. The van der Waals surface area contributed by atoms with Gasteiger partial charge in [-0.05, 0) is 65.3 Å². The number of carbonyl (C=O) groups is 1. The van der Waals surface area contributed by atoms with Gasteiger partial charge in [-0.1, -0.05) is 6.92 Å². The summed E-state index contributed by atoms with van der Waals surface area (Å²) in [5.74, 6) is 0.580. The number of carbonyl (C=O) groups excluding carboxylic acids is 1. The Balaban J connectivity index is 2.08. The van der Waals surface area contributed by atoms with E-state index in [-0.39, 0.29) is 5.91 Å². The quantitative estimate of drug-likeness (QED) is 0.827. The first-order valence-electron chi connectivity index (χ1n) is 8.19. The predicted octanol–water partition coefficient (Wildman–Crippen LogP) is 1.88. The van der Waals surface area contributed by atoms with Crippen LogP contribution in [0.4, 0.5) is 0 Å². The summed E-state index contributed by atoms with van der Waals surface area (Å²) in [6.45, 7) is 10.0. The van der Waals surface area contributed by atoms with Crippen molar-refractivity contribution in [2.75, 3.05) is 6.54 Å². The third kappa shape index (κ3) is 3.01. The van der Waals surface area contributed by atoms with E-state index < -0.39 is 5.54 Å². The molecule has 1 aliphatic heterocycles. The standard InChI is InChI=1S/C16H31N3O/c1-11(2)18-16(15(17)20)8-7-14(10-16)19-9-5-6-12(3)13(19)4/h11-14,18H,5-10H2,1-4H3,(H2,17,20). The molecule has 0 radical (unpaired) electrons. The number of nitrogens with zero attached hydrogens (tertiary/aromatic N) is 1. The lowest BCUT2D eigenvalue weighted by Crippen LogP contribution is -2.57. The van der Waals surface area contributed by atoms with Gasteiger partial charge in [-0.3, -0.25) is 9.69 Å². The molecule has 0 aromatic carbocycles. The summed E-state index contributed by atoms with van der Waals surface area (Å²) < 4.78 is 0. The molecule has 0 aromatic heterocycles. The van der Waals surface area contributed by atoms with E-state index >= 15 is 0 Å². The van der Waals surface area contributed by atoms with Crippen LogP contribution in [0.5, 0.6) is 0 Å². The molecular weight excluding hydrogens is 250 g/mol. The number of hydrogen-bond acceptors (Lipinski definition) is 3. The van der Waals surface area contributed by atoms with Crippen LogP contribution in [-0.4, -0.2) is 41.0 Å². The zero-order valence-electron chi connectivity index (χ0n) is 13.5. The van der Waals surface area contributed by atoms with Crippen molar-refractivity contribution in [1.82, 2.24) is 10.2 Å². The van der Waals surface area contributed by atoms with Gasteiger partial charge in [0.25, 0.3) is 0 Å². The van der Waals surface area contributed by atoms with Gasteiger partial charge in [-0.15, -0.1) is 0 Å². The largest absolute Gasteiger partial charge is 0.368 e. The van der Waals surface area contributed by atoms with Gasteiger partial charge in [-0.2, -0.15) is 0 Å². The fraction of sp³-hybridized carbons (Fsp3) is 0.938. The molecule has 1 aliphatic carbocycles. The van der Waals surface area contributed by atoms with E-state index in [1.807, 2.05) is 0 Å². The third-order valence-electron chi connectivity index (χ3n) is 5.42. The molecular formula is C16H31N3O. The Morgan fingerprint density at radius 1 is 1.35 bits per heavy atom. The van der Waals surface area contributed by atoms with E-state index in [2.05, 4.69) is 37.9 Å². The number of hydrogen-bond donors (Lipinski definition) is 2. The molecule has 4 nitrogen and oxygen atoms in total. The molecule has 1 saturated carbocycles. The van der Waals surface area contributed by atoms with Gasteiger partial charge < -0.3 is 11.1 Å². The van der Waals surface area contributed by atoms with Crippen molar-refractivity contribution in [1.29, 1.82) is 0 Å². The molecule has 0 bridgehead atoms. The van der Waals surface area contributed by atoms with Gasteiger partial charge in [0.05, 0.1) is 5.54 Å². The van der Waals surface area contributed by atoms with Gasteiger partial charge in [0.1, 0.15) is 0 Å². The minimum Gasteiger partial charge on any atom is -0.368 e. The number of amides is 1. The van der Waals surface area contributed by atoms with Crippen molar-refractivity contribution in [3.8, 4) is 0 Å². The zero-order valence-corrected chi connectivity index (χ0v) is 13.5. The van der Waals surface area contributed by atoms with E-state index in [4.69, 9.17) is 5.73 Å².